The molecule has 1 heterocycles. The van der Waals surface area contributed by atoms with Gasteiger partial charge in [-0.05, 0) is 37.1 Å². The summed E-state index contributed by atoms with van der Waals surface area (Å²) in [6, 6.07) is 2.27. The number of amides is 1. The quantitative estimate of drug-likeness (QED) is 0.135. The van der Waals surface area contributed by atoms with E-state index in [2.05, 4.69) is 15.8 Å². The number of Topliss-reactive ketones (excluding diaryl/α,β-unsaturated/α-hetero) is 3. The number of ether oxygens (including phenoxy) is 5. The average Bonchev–Trinajstić information content (AvgIpc) is 3.14. The summed E-state index contributed by atoms with van der Waals surface area (Å²) in [7, 11) is 4.66. The Hall–Kier alpha value is -5.08. The van der Waals surface area contributed by atoms with E-state index in [0.717, 1.165) is 26.4 Å². The van der Waals surface area contributed by atoms with Gasteiger partial charge >= 0.3 is 5.97 Å². The maximum absolute atomic E-state index is 14.8. The maximum atomic E-state index is 14.8. The number of methoxy groups -OCH3 is 4. The molecule has 294 valence electrons. The number of aliphatic hydroxyl groups excluding tert-OH is 2. The van der Waals surface area contributed by atoms with Crippen molar-refractivity contribution in [2.75, 3.05) is 28.4 Å². The number of fused-ring (bicyclic) bond motifs is 5. The summed E-state index contributed by atoms with van der Waals surface area (Å²) in [4.78, 5) is 69.0. The molecule has 1 amide bonds. The lowest BCUT2D eigenvalue weighted by Crippen LogP contribution is -2.73. The number of allylic oxidation sites excluding steroid dienone is 2. The predicted octanol–water partition coefficient (Wildman–Crippen LogP) is -0.202. The molecule has 18 heteroatoms. The summed E-state index contributed by atoms with van der Waals surface area (Å²) < 4.78 is 27.2. The Morgan fingerprint density at radius 1 is 0.982 bits per heavy atom. The number of phenols is 2. The van der Waals surface area contributed by atoms with Crippen molar-refractivity contribution in [3.63, 3.8) is 0 Å². The Morgan fingerprint density at radius 2 is 1.65 bits per heavy atom. The highest BCUT2D eigenvalue weighted by molar-refractivity contribution is 6.32. The number of hydrazone groups is 1. The highest BCUT2D eigenvalue weighted by Gasteiger charge is 2.72. The molecule has 2 aromatic carbocycles. The number of hydrogen-bond acceptors (Lipinski definition) is 17. The third kappa shape index (κ3) is 5.50. The molecule has 0 aromatic heterocycles. The van der Waals surface area contributed by atoms with Crippen molar-refractivity contribution in [1.82, 2.24) is 10.7 Å². The number of nitrogens with zero attached hydrogens (tertiary/aromatic N) is 1. The van der Waals surface area contributed by atoms with Crippen LogP contribution in [-0.4, -0.2) is 131 Å². The van der Waals surface area contributed by atoms with Crippen LogP contribution in [-0.2, 0) is 40.5 Å². The minimum atomic E-state index is -3.24. The van der Waals surface area contributed by atoms with E-state index >= 15 is 0 Å². The third-order valence-corrected chi connectivity index (χ3v) is 10.8. The first kappa shape index (κ1) is 39.6. The van der Waals surface area contributed by atoms with Crippen LogP contribution in [0.15, 0.2) is 29.0 Å². The monoisotopic (exact) mass is 767 g/mol. The Bertz CT molecular complexity index is 2100. The molecule has 0 radical (unpaired) electrons. The Kier molecular flexibility index (Phi) is 10.2. The van der Waals surface area contributed by atoms with Crippen LogP contribution in [0.25, 0.3) is 0 Å². The zero-order valence-electron chi connectivity index (χ0n) is 30.9. The van der Waals surface area contributed by atoms with E-state index in [1.165, 1.54) is 27.2 Å². The Morgan fingerprint density at radius 3 is 2.25 bits per heavy atom. The van der Waals surface area contributed by atoms with Crippen molar-refractivity contribution in [3.8, 4) is 11.5 Å². The molecule has 4 aliphatic rings. The van der Waals surface area contributed by atoms with Crippen LogP contribution < -0.4 is 10.7 Å². The zero-order chi connectivity index (χ0) is 40.5. The van der Waals surface area contributed by atoms with Crippen LogP contribution in [0.3, 0.4) is 0 Å². The molecule has 0 spiro atoms. The standard InChI is InChI=1S/C37H41N3O15/c1-8-21(42)40-39-18-12-19(38-34-31(52-5)29(46)30(51-4)14(3)55-34)26(43)16-11-17-24(27(44)23(16)18)33(48)37(54-7)20(41)10-15-9-13(2)22(35(49)53-6)28(45)25(15)36(37,50)32(17)47/h9,11-12,14,20,29-31,34,38,41,44-46,50H,8,10H2,1-7H3,(H,40,42)/t14-,20+,29+,30-,31+,34-,36-,37+/m0/s1. The van der Waals surface area contributed by atoms with Gasteiger partial charge in [-0.1, -0.05) is 13.0 Å². The number of benzene rings is 2. The van der Waals surface area contributed by atoms with E-state index in [1.807, 2.05) is 0 Å². The van der Waals surface area contributed by atoms with Crippen LogP contribution in [0.4, 0.5) is 0 Å². The van der Waals surface area contributed by atoms with Crippen molar-refractivity contribution < 1.29 is 73.2 Å². The molecule has 2 aromatic rings. The SMILES string of the molecule is CCC(=O)NN=C1C=C(N[C@H]2O[C@@H](C)[C@H](OC)[C@@H](O)[C@H]2OC)C(=O)c2cc3c(c(O)c21)C(=O)[C@]1(OC)[C@H](O)Cc2cc(C)c(C(=O)OC)c(O)c2[C@]1(O)C3=O. The summed E-state index contributed by atoms with van der Waals surface area (Å²) in [5.41, 5.74) is -7.60. The largest absolute Gasteiger partial charge is 0.507 e. The number of carbonyl (C=O) groups is 5. The second-order valence-corrected chi connectivity index (χ2v) is 13.6. The number of ketones is 3. The molecule has 3 aliphatic carbocycles. The number of aryl methyl sites for hydroxylation is 1. The first-order chi connectivity index (χ1) is 26.0. The van der Waals surface area contributed by atoms with Gasteiger partial charge in [0.05, 0.1) is 41.9 Å². The Balaban J connectivity index is 1.58. The summed E-state index contributed by atoms with van der Waals surface area (Å²) >= 11 is 0. The second-order valence-electron chi connectivity index (χ2n) is 13.6. The van der Waals surface area contributed by atoms with E-state index in [4.69, 9.17) is 23.7 Å². The second kappa shape index (κ2) is 14.2. The number of phenolic OH excluding ortho intramolecular Hbond substituents is 2. The molecule has 0 saturated carbocycles. The number of rotatable bonds is 8. The lowest BCUT2D eigenvalue weighted by molar-refractivity contribution is -0.236. The first-order valence-electron chi connectivity index (χ1n) is 17.2. The molecule has 8 atom stereocenters. The van der Waals surface area contributed by atoms with Gasteiger partial charge in [-0.3, -0.25) is 19.2 Å². The van der Waals surface area contributed by atoms with E-state index in [9.17, 15) is 49.5 Å². The van der Waals surface area contributed by atoms with E-state index in [-0.39, 0.29) is 29.0 Å². The minimum Gasteiger partial charge on any atom is -0.507 e. The van der Waals surface area contributed by atoms with Gasteiger partial charge in [0.1, 0.15) is 35.4 Å². The summed E-state index contributed by atoms with van der Waals surface area (Å²) in [6.45, 7) is 4.63. The molecule has 0 unspecified atom stereocenters. The van der Waals surface area contributed by atoms with Gasteiger partial charge in [-0.25, -0.2) is 10.2 Å². The van der Waals surface area contributed by atoms with Crippen LogP contribution in [0, 0.1) is 6.92 Å². The van der Waals surface area contributed by atoms with Gasteiger partial charge in [0.2, 0.25) is 23.3 Å². The predicted molar refractivity (Wildman–Crippen MR) is 187 cm³/mol. The Labute approximate surface area is 313 Å². The fourth-order valence-electron chi connectivity index (χ4n) is 8.15. The number of nitrogens with one attached hydrogen (secondary N) is 2. The minimum absolute atomic E-state index is 0.00371. The van der Waals surface area contributed by atoms with Gasteiger partial charge in [-0.15, -0.1) is 0 Å². The number of esters is 1. The van der Waals surface area contributed by atoms with Crippen LogP contribution in [0.1, 0.15) is 84.0 Å². The number of hydrogen-bond donors (Lipinski definition) is 7. The fraction of sp³-hybridized carbons (Fsp3) is 0.459. The summed E-state index contributed by atoms with van der Waals surface area (Å²) in [5, 5.41) is 65.6. The van der Waals surface area contributed by atoms with Gasteiger partial charge in [0.25, 0.3) is 0 Å². The topological polar surface area (TPSA) is 269 Å². The van der Waals surface area contributed by atoms with Gasteiger partial charge in [-0.2, -0.15) is 5.10 Å². The van der Waals surface area contributed by atoms with Crippen molar-refractivity contribution >= 4 is 34.9 Å². The van der Waals surface area contributed by atoms with Crippen molar-refractivity contribution in [2.24, 2.45) is 5.10 Å². The molecule has 55 heavy (non-hydrogen) atoms. The van der Waals surface area contributed by atoms with Crippen LogP contribution in [0.2, 0.25) is 0 Å². The van der Waals surface area contributed by atoms with E-state index in [1.54, 1.807) is 13.8 Å². The maximum Gasteiger partial charge on any atom is 0.341 e. The molecule has 0 bridgehead atoms. The highest BCUT2D eigenvalue weighted by atomic mass is 16.6. The molecular weight excluding hydrogens is 726 g/mol. The van der Waals surface area contributed by atoms with Crippen molar-refractivity contribution in [2.45, 2.75) is 81.6 Å². The molecule has 18 nitrogen and oxygen atoms in total. The molecule has 1 aliphatic heterocycles. The molecule has 1 saturated heterocycles. The fourth-order valence-corrected chi connectivity index (χ4v) is 8.15. The van der Waals surface area contributed by atoms with Crippen molar-refractivity contribution in [3.05, 3.63) is 68.4 Å². The number of carbonyl (C=O) groups excluding carboxylic acids is 5. The molecule has 7 N–H and O–H groups in total. The van der Waals surface area contributed by atoms with Crippen LogP contribution in [0.5, 0.6) is 11.5 Å². The lowest BCUT2D eigenvalue weighted by Gasteiger charge is -2.53. The molecule has 6 rings (SSSR count). The van der Waals surface area contributed by atoms with Crippen molar-refractivity contribution in [1.29, 1.82) is 0 Å². The zero-order valence-corrected chi connectivity index (χ0v) is 30.9. The normalized spacial score (nSPS) is 30.5. The smallest absolute Gasteiger partial charge is 0.341 e. The van der Waals surface area contributed by atoms with Gasteiger partial charge < -0.3 is 54.5 Å². The van der Waals surface area contributed by atoms with Gasteiger partial charge in [0, 0.05) is 50.9 Å². The summed E-state index contributed by atoms with van der Waals surface area (Å²) in [5.74, 6) is -7.08. The highest BCUT2D eigenvalue weighted by Crippen LogP contribution is 2.56. The third-order valence-electron chi connectivity index (χ3n) is 10.8. The lowest BCUT2D eigenvalue weighted by atomic mass is 9.56. The first-order valence-corrected chi connectivity index (χ1v) is 17.2. The summed E-state index contributed by atoms with van der Waals surface area (Å²) in [6.07, 6.45) is -6.30. The van der Waals surface area contributed by atoms with Gasteiger partial charge in [0.15, 0.2) is 17.4 Å². The molecular formula is C37H41N3O15. The van der Waals surface area contributed by atoms with E-state index < -0.39 is 128 Å². The van der Waals surface area contributed by atoms with Crippen LogP contribution >= 0.6 is 0 Å². The average molecular weight is 768 g/mol. The molecule has 1 fully saturated rings. The number of aromatic hydroxyl groups is 2. The van der Waals surface area contributed by atoms with E-state index in [0.29, 0.717) is 0 Å². The number of aliphatic hydroxyl groups is 3.